The summed E-state index contributed by atoms with van der Waals surface area (Å²) in [6.07, 6.45) is 0. The Bertz CT molecular complexity index is 1210. The van der Waals surface area contributed by atoms with Crippen LogP contribution in [0.15, 0.2) is 58.4 Å². The smallest absolute Gasteiger partial charge is 0.280 e. The van der Waals surface area contributed by atoms with Crippen molar-refractivity contribution in [3.05, 3.63) is 70.2 Å². The number of aliphatic imine (C=N–C) groups is 1. The summed E-state index contributed by atoms with van der Waals surface area (Å²) in [5.74, 6) is -0.776. The van der Waals surface area contributed by atoms with Crippen LogP contribution in [0.2, 0.25) is 5.02 Å². The average Bonchev–Trinajstić information content (AvgIpc) is 3.14. The summed E-state index contributed by atoms with van der Waals surface area (Å²) in [6.45, 7) is 0. The van der Waals surface area contributed by atoms with E-state index in [0.29, 0.717) is 21.8 Å². The maximum atomic E-state index is 12.5. The van der Waals surface area contributed by atoms with Gasteiger partial charge >= 0.3 is 0 Å². The number of H-pyrrole nitrogens is 1. The maximum Gasteiger partial charge on any atom is 0.280 e. The van der Waals surface area contributed by atoms with E-state index in [0.717, 1.165) is 12.1 Å². The molecule has 0 atom stereocenters. The zero-order chi connectivity index (χ0) is 19.3. The molecule has 4 rings (SSSR count). The number of fused-ring (bicyclic) bond motifs is 1. The Kier molecular flexibility index (Phi) is 3.92. The number of halogens is 1. The van der Waals surface area contributed by atoms with Crippen LogP contribution in [0.25, 0.3) is 11.3 Å². The predicted molar refractivity (Wildman–Crippen MR) is 97.3 cm³/mol. The molecule has 1 aliphatic rings. The molecular formula is C18H10ClN2O5S-. The van der Waals surface area contributed by atoms with E-state index in [2.05, 4.69) is 9.98 Å². The first-order valence-electron chi connectivity index (χ1n) is 7.66. The molecule has 0 spiro atoms. The van der Waals surface area contributed by atoms with Crippen LogP contribution in [-0.2, 0) is 10.1 Å². The zero-order valence-electron chi connectivity index (χ0n) is 13.4. The largest absolute Gasteiger partial charge is 0.744 e. The first kappa shape index (κ1) is 17.5. The number of aromatic amines is 1. The summed E-state index contributed by atoms with van der Waals surface area (Å²) in [7, 11) is -4.58. The van der Waals surface area contributed by atoms with Crippen molar-refractivity contribution in [1.29, 1.82) is 0 Å². The first-order chi connectivity index (χ1) is 12.8. The third-order valence-electron chi connectivity index (χ3n) is 4.19. The van der Waals surface area contributed by atoms with E-state index >= 15 is 0 Å². The van der Waals surface area contributed by atoms with Crippen molar-refractivity contribution in [3.8, 4) is 17.1 Å². The molecule has 2 N–H and O–H groups in total. The van der Waals surface area contributed by atoms with Crippen LogP contribution in [0.3, 0.4) is 0 Å². The highest BCUT2D eigenvalue weighted by Crippen LogP contribution is 2.38. The fourth-order valence-corrected chi connectivity index (χ4v) is 3.56. The number of rotatable bonds is 3. The van der Waals surface area contributed by atoms with Gasteiger partial charge < -0.3 is 14.6 Å². The molecule has 0 saturated carbocycles. The third-order valence-corrected chi connectivity index (χ3v) is 5.30. The summed E-state index contributed by atoms with van der Waals surface area (Å²) in [5, 5.41) is 10.9. The van der Waals surface area contributed by atoms with Gasteiger partial charge in [0, 0.05) is 10.6 Å². The number of nitrogens with one attached hydrogen (secondary N) is 1. The predicted octanol–water partition coefficient (Wildman–Crippen LogP) is 2.94. The topological polar surface area (TPSA) is 123 Å². The Morgan fingerprint density at radius 3 is 2.15 bits per heavy atom. The van der Waals surface area contributed by atoms with E-state index in [1.807, 2.05) is 0 Å². The fourth-order valence-electron chi connectivity index (χ4n) is 2.97. The molecular weight excluding hydrogens is 392 g/mol. The number of hydrogen-bond acceptors (Lipinski definition) is 5. The van der Waals surface area contributed by atoms with Gasteiger partial charge in [-0.25, -0.2) is 13.4 Å². The molecule has 27 heavy (non-hydrogen) atoms. The van der Waals surface area contributed by atoms with Gasteiger partial charge in [0.2, 0.25) is 0 Å². The number of carbonyl (C=O) groups is 1. The highest BCUT2D eigenvalue weighted by atomic mass is 35.5. The second kappa shape index (κ2) is 6.05. The number of hydrogen-bond donors (Lipinski definition) is 2. The summed E-state index contributed by atoms with van der Waals surface area (Å²) in [4.78, 5) is 18.8. The summed E-state index contributed by atoms with van der Waals surface area (Å²) >= 11 is 5.88. The van der Waals surface area contributed by atoms with Gasteiger partial charge in [-0.2, -0.15) is 0 Å². The molecule has 2 heterocycles. The zero-order valence-corrected chi connectivity index (χ0v) is 15.0. The molecule has 2 aromatic carbocycles. The number of aromatic hydroxyl groups is 1. The van der Waals surface area contributed by atoms with E-state index in [-0.39, 0.29) is 22.7 Å². The Morgan fingerprint density at radius 2 is 1.56 bits per heavy atom. The Hall–Kier alpha value is -2.94. The van der Waals surface area contributed by atoms with E-state index in [4.69, 9.17) is 11.6 Å². The third kappa shape index (κ3) is 2.93. The molecule has 3 aromatic rings. The molecule has 1 aliphatic heterocycles. The lowest BCUT2D eigenvalue weighted by atomic mass is 10.0. The quantitative estimate of drug-likeness (QED) is 0.653. The van der Waals surface area contributed by atoms with Crippen molar-refractivity contribution in [2.45, 2.75) is 4.90 Å². The van der Waals surface area contributed by atoms with Gasteiger partial charge in [-0.1, -0.05) is 35.9 Å². The number of aromatic nitrogens is 1. The molecule has 0 saturated heterocycles. The fraction of sp³-hybridized carbons (Fsp3) is 0. The maximum absolute atomic E-state index is 12.5. The van der Waals surface area contributed by atoms with Crippen molar-refractivity contribution < 1.29 is 22.9 Å². The summed E-state index contributed by atoms with van der Waals surface area (Å²) in [6, 6.07) is 11.7. The highest BCUT2D eigenvalue weighted by molar-refractivity contribution is 7.85. The van der Waals surface area contributed by atoms with E-state index in [9.17, 15) is 22.9 Å². The normalized spacial score (nSPS) is 13.6. The lowest BCUT2D eigenvalue weighted by Crippen LogP contribution is -2.02. The minimum absolute atomic E-state index is 0.193. The van der Waals surface area contributed by atoms with Gasteiger partial charge in [0.1, 0.15) is 10.1 Å². The van der Waals surface area contributed by atoms with Crippen LogP contribution in [0.5, 0.6) is 5.88 Å². The van der Waals surface area contributed by atoms with Crippen LogP contribution in [0, 0.1) is 0 Å². The first-order valence-corrected chi connectivity index (χ1v) is 9.45. The molecule has 9 heteroatoms. The van der Waals surface area contributed by atoms with Crippen molar-refractivity contribution in [3.63, 3.8) is 0 Å². The van der Waals surface area contributed by atoms with Crippen molar-refractivity contribution >= 4 is 33.3 Å². The number of amides is 1. The molecule has 1 amide bonds. The molecule has 0 bridgehead atoms. The number of benzene rings is 2. The minimum atomic E-state index is -4.58. The summed E-state index contributed by atoms with van der Waals surface area (Å²) < 4.78 is 33.2. The van der Waals surface area contributed by atoms with Crippen molar-refractivity contribution in [2.24, 2.45) is 4.99 Å². The molecule has 0 radical (unpaired) electrons. The monoisotopic (exact) mass is 401 g/mol. The van der Waals surface area contributed by atoms with E-state index in [1.54, 1.807) is 24.3 Å². The molecule has 7 nitrogen and oxygen atoms in total. The number of nitrogens with zero attached hydrogens (tertiary/aromatic N) is 1. The van der Waals surface area contributed by atoms with E-state index in [1.165, 1.54) is 12.1 Å². The highest BCUT2D eigenvalue weighted by Gasteiger charge is 2.33. The molecule has 1 aromatic heterocycles. The standard InChI is InChI=1S/C18H11ClN2O5S/c19-11-5-1-9(2-6-11)15-13-14(18(23)20-15)16(21-17(13)22)10-3-7-12(8-4-10)27(24,25)26/h1-8,20,23H,(H,24,25,26)/p-1. The van der Waals surface area contributed by atoms with Crippen molar-refractivity contribution in [1.82, 2.24) is 4.98 Å². The van der Waals surface area contributed by atoms with Crippen LogP contribution in [0.1, 0.15) is 21.5 Å². The molecule has 0 unspecified atom stereocenters. The van der Waals surface area contributed by atoms with Gasteiger partial charge in [-0.05, 0) is 29.8 Å². The number of carbonyl (C=O) groups excluding carboxylic acids is 1. The van der Waals surface area contributed by atoms with Crippen LogP contribution in [0.4, 0.5) is 0 Å². The SMILES string of the molecule is O=C1N=C(c2ccc(S(=O)(=O)[O-])cc2)c2c(O)[nH]c(-c3ccc(Cl)cc3)c21. The second-order valence-electron chi connectivity index (χ2n) is 5.85. The Balaban J connectivity index is 1.82. The van der Waals surface area contributed by atoms with Gasteiger partial charge in [0.25, 0.3) is 5.91 Å². The minimum Gasteiger partial charge on any atom is -0.744 e. The summed E-state index contributed by atoms with van der Waals surface area (Å²) in [5.41, 5.74) is 2.08. The Morgan fingerprint density at radius 1 is 0.963 bits per heavy atom. The molecule has 0 aliphatic carbocycles. The van der Waals surface area contributed by atoms with Crippen molar-refractivity contribution in [2.75, 3.05) is 0 Å². The van der Waals surface area contributed by atoms with Crippen LogP contribution >= 0.6 is 11.6 Å². The lowest BCUT2D eigenvalue weighted by Gasteiger charge is -2.08. The van der Waals surface area contributed by atoms with Crippen LogP contribution < -0.4 is 0 Å². The lowest BCUT2D eigenvalue weighted by molar-refractivity contribution is 0.101. The molecule has 136 valence electrons. The Labute approximate surface area is 158 Å². The van der Waals surface area contributed by atoms with Crippen LogP contribution in [-0.4, -0.2) is 34.7 Å². The van der Waals surface area contributed by atoms with Gasteiger partial charge in [0.05, 0.1) is 27.4 Å². The second-order valence-corrected chi connectivity index (χ2v) is 7.67. The van der Waals surface area contributed by atoms with Gasteiger partial charge in [-0.15, -0.1) is 0 Å². The van der Waals surface area contributed by atoms with E-state index < -0.39 is 20.9 Å². The van der Waals surface area contributed by atoms with Gasteiger partial charge in [0.15, 0.2) is 5.88 Å². The average molecular weight is 402 g/mol. The molecule has 0 fully saturated rings. The van der Waals surface area contributed by atoms with Gasteiger partial charge in [-0.3, -0.25) is 4.79 Å².